The second-order valence-electron chi connectivity index (χ2n) is 8.80. The first kappa shape index (κ1) is 20.2. The molecule has 2 aromatic heterocycles. The van der Waals surface area contributed by atoms with Gasteiger partial charge in [0, 0.05) is 24.5 Å². The molecule has 1 aliphatic carbocycles. The molecule has 166 valence electrons. The third kappa shape index (κ3) is 3.82. The van der Waals surface area contributed by atoms with Crippen molar-refractivity contribution in [3.05, 3.63) is 77.3 Å². The van der Waals surface area contributed by atoms with Gasteiger partial charge in [0.1, 0.15) is 11.4 Å². The van der Waals surface area contributed by atoms with E-state index in [2.05, 4.69) is 16.0 Å². The van der Waals surface area contributed by atoms with E-state index in [4.69, 9.17) is 0 Å². The Balaban J connectivity index is 1.27. The number of hydrogen-bond acceptors (Lipinski definition) is 5. The third-order valence-electron chi connectivity index (χ3n) is 6.47. The molecule has 0 saturated heterocycles. The Morgan fingerprint density at radius 2 is 1.76 bits per heavy atom. The topological polar surface area (TPSA) is 58.4 Å². The summed E-state index contributed by atoms with van der Waals surface area (Å²) in [4.78, 5) is 36.9. The van der Waals surface area contributed by atoms with Crippen LogP contribution in [0.15, 0.2) is 71.8 Å². The summed E-state index contributed by atoms with van der Waals surface area (Å²) in [5.74, 6) is 0.693. The first-order valence-corrected chi connectivity index (χ1v) is 12.2. The number of anilines is 2. The van der Waals surface area contributed by atoms with Crippen LogP contribution in [0.4, 0.5) is 11.4 Å². The number of amides is 1. The van der Waals surface area contributed by atoms with E-state index in [1.54, 1.807) is 0 Å². The first-order valence-electron chi connectivity index (χ1n) is 11.4. The number of rotatable bonds is 5. The van der Waals surface area contributed by atoms with Gasteiger partial charge in [0.15, 0.2) is 0 Å². The predicted molar refractivity (Wildman–Crippen MR) is 133 cm³/mol. The van der Waals surface area contributed by atoms with Gasteiger partial charge < -0.3 is 9.80 Å². The zero-order chi connectivity index (χ0) is 22.4. The molecule has 1 fully saturated rings. The van der Waals surface area contributed by atoms with Gasteiger partial charge in [0.2, 0.25) is 5.91 Å². The van der Waals surface area contributed by atoms with Crippen LogP contribution in [-0.4, -0.2) is 35.1 Å². The zero-order valence-electron chi connectivity index (χ0n) is 18.2. The normalized spacial score (nSPS) is 15.6. The molecule has 1 saturated carbocycles. The number of thiophene rings is 1. The summed E-state index contributed by atoms with van der Waals surface area (Å²) in [5, 5.41) is 0.559. The van der Waals surface area contributed by atoms with Gasteiger partial charge in [0.05, 0.1) is 23.1 Å². The van der Waals surface area contributed by atoms with Crippen molar-refractivity contribution in [1.82, 2.24) is 9.55 Å². The minimum absolute atomic E-state index is 0.0186. The zero-order valence-corrected chi connectivity index (χ0v) is 19.0. The van der Waals surface area contributed by atoms with E-state index in [1.165, 1.54) is 35.1 Å². The molecule has 6 rings (SSSR count). The maximum Gasteiger partial charge on any atom is 0.262 e. The van der Waals surface area contributed by atoms with Crippen molar-refractivity contribution in [2.75, 3.05) is 29.4 Å². The minimum atomic E-state index is -0.174. The Hall–Kier alpha value is -3.45. The summed E-state index contributed by atoms with van der Waals surface area (Å²) in [5.41, 5.74) is 2.92. The van der Waals surface area contributed by atoms with Crippen LogP contribution in [0.3, 0.4) is 0 Å². The highest BCUT2D eigenvalue weighted by Crippen LogP contribution is 2.37. The maximum atomic E-state index is 13.3. The van der Waals surface area contributed by atoms with Crippen molar-refractivity contribution in [1.29, 1.82) is 0 Å². The maximum absolute atomic E-state index is 13.3. The number of hydrogen-bond donors (Lipinski definition) is 0. The lowest BCUT2D eigenvalue weighted by atomic mass is 10.1. The number of carbonyl (C=O) groups excluding carboxylic acids is 1. The average molecular weight is 457 g/mol. The van der Waals surface area contributed by atoms with Crippen LogP contribution >= 0.6 is 11.3 Å². The van der Waals surface area contributed by atoms with E-state index in [0.717, 1.165) is 40.8 Å². The van der Waals surface area contributed by atoms with Crippen LogP contribution in [0, 0.1) is 5.92 Å². The molecule has 2 aromatic carbocycles. The quantitative estimate of drug-likeness (QED) is 0.447. The molecular formula is C26H24N4O2S. The van der Waals surface area contributed by atoms with Crippen LogP contribution in [0.2, 0.25) is 0 Å². The molecular weight excluding hydrogens is 432 g/mol. The molecule has 2 aliphatic rings. The highest BCUT2D eigenvalue weighted by molar-refractivity contribution is 7.21. The molecule has 3 heterocycles. The number of para-hydroxylation sites is 2. The highest BCUT2D eigenvalue weighted by atomic mass is 32.1. The molecule has 7 heteroatoms. The van der Waals surface area contributed by atoms with Crippen LogP contribution in [0.1, 0.15) is 12.8 Å². The SMILES string of the molecule is O=C(Cn1cnc2sc(-c3ccccc3)cc2c1=O)N1CCN(CC2CC2)c2ccccc21. The highest BCUT2D eigenvalue weighted by Gasteiger charge is 2.31. The van der Waals surface area contributed by atoms with Crippen LogP contribution in [-0.2, 0) is 11.3 Å². The Morgan fingerprint density at radius 1 is 1.00 bits per heavy atom. The van der Waals surface area contributed by atoms with Gasteiger partial charge in [-0.25, -0.2) is 4.98 Å². The van der Waals surface area contributed by atoms with Crippen molar-refractivity contribution in [3.8, 4) is 10.4 Å². The molecule has 4 aromatic rings. The molecule has 1 aliphatic heterocycles. The molecule has 0 spiro atoms. The van der Waals surface area contributed by atoms with E-state index in [1.807, 2.05) is 59.5 Å². The summed E-state index contributed by atoms with van der Waals surface area (Å²) < 4.78 is 1.44. The fraction of sp³-hybridized carbons (Fsp3) is 0.269. The molecule has 6 nitrogen and oxygen atoms in total. The van der Waals surface area contributed by atoms with Gasteiger partial charge >= 0.3 is 0 Å². The second kappa shape index (κ2) is 8.15. The Kier molecular flexibility index (Phi) is 4.99. The lowest BCUT2D eigenvalue weighted by Crippen LogP contribution is -2.46. The van der Waals surface area contributed by atoms with E-state index in [9.17, 15) is 9.59 Å². The van der Waals surface area contributed by atoms with E-state index >= 15 is 0 Å². The van der Waals surface area contributed by atoms with Crippen molar-refractivity contribution >= 4 is 38.8 Å². The van der Waals surface area contributed by atoms with Crippen molar-refractivity contribution in [3.63, 3.8) is 0 Å². The summed E-state index contributed by atoms with van der Waals surface area (Å²) in [6.07, 6.45) is 4.10. The van der Waals surface area contributed by atoms with Gasteiger partial charge in [-0.1, -0.05) is 42.5 Å². The van der Waals surface area contributed by atoms with Gasteiger partial charge in [-0.3, -0.25) is 14.2 Å². The van der Waals surface area contributed by atoms with Crippen molar-refractivity contribution in [2.45, 2.75) is 19.4 Å². The molecule has 33 heavy (non-hydrogen) atoms. The lowest BCUT2D eigenvalue weighted by molar-refractivity contribution is -0.119. The van der Waals surface area contributed by atoms with Gasteiger partial charge in [0.25, 0.3) is 5.56 Å². The lowest BCUT2D eigenvalue weighted by Gasteiger charge is -2.38. The Morgan fingerprint density at radius 3 is 2.55 bits per heavy atom. The van der Waals surface area contributed by atoms with Crippen molar-refractivity contribution in [2.24, 2.45) is 5.92 Å². The second-order valence-corrected chi connectivity index (χ2v) is 9.83. The van der Waals surface area contributed by atoms with Crippen LogP contribution in [0.25, 0.3) is 20.7 Å². The largest absolute Gasteiger partial charge is 0.368 e. The van der Waals surface area contributed by atoms with Crippen LogP contribution < -0.4 is 15.4 Å². The summed E-state index contributed by atoms with van der Waals surface area (Å²) >= 11 is 1.50. The summed E-state index contributed by atoms with van der Waals surface area (Å²) in [6.45, 7) is 2.48. The number of aromatic nitrogens is 2. The van der Waals surface area contributed by atoms with Gasteiger partial charge in [-0.2, -0.15) is 0 Å². The van der Waals surface area contributed by atoms with Gasteiger partial charge in [-0.05, 0) is 42.5 Å². The summed E-state index contributed by atoms with van der Waals surface area (Å²) in [6, 6.07) is 19.9. The fourth-order valence-corrected chi connectivity index (χ4v) is 5.53. The van der Waals surface area contributed by atoms with E-state index < -0.39 is 0 Å². The molecule has 0 unspecified atom stereocenters. The molecule has 0 bridgehead atoms. The van der Waals surface area contributed by atoms with Crippen LogP contribution in [0.5, 0.6) is 0 Å². The molecule has 0 N–H and O–H groups in total. The Labute approximate surface area is 195 Å². The minimum Gasteiger partial charge on any atom is -0.368 e. The molecule has 0 atom stereocenters. The standard InChI is InChI=1S/C26H24N4O2S/c31-24(30-13-12-28(15-18-10-11-18)21-8-4-5-9-22(21)30)16-29-17-27-25-20(26(29)32)14-23(33-25)19-6-2-1-3-7-19/h1-9,14,17-18H,10-13,15-16H2. The Bertz CT molecular complexity index is 1390. The number of fused-ring (bicyclic) bond motifs is 2. The molecule has 1 amide bonds. The first-order chi connectivity index (χ1) is 16.2. The van der Waals surface area contributed by atoms with Crippen molar-refractivity contribution < 1.29 is 4.79 Å². The monoisotopic (exact) mass is 456 g/mol. The summed E-state index contributed by atoms with van der Waals surface area (Å²) in [7, 11) is 0. The fourth-order valence-electron chi connectivity index (χ4n) is 4.53. The smallest absolute Gasteiger partial charge is 0.262 e. The van der Waals surface area contributed by atoms with E-state index in [0.29, 0.717) is 16.8 Å². The predicted octanol–water partition coefficient (Wildman–Crippen LogP) is 4.39. The third-order valence-corrected chi connectivity index (χ3v) is 7.56. The average Bonchev–Trinajstić information content (AvgIpc) is 3.56. The number of carbonyl (C=O) groups is 1. The number of nitrogens with zero attached hydrogens (tertiary/aromatic N) is 4. The van der Waals surface area contributed by atoms with E-state index in [-0.39, 0.29) is 18.0 Å². The molecule has 0 radical (unpaired) electrons. The number of benzene rings is 2. The van der Waals surface area contributed by atoms with Gasteiger partial charge in [-0.15, -0.1) is 11.3 Å².